The number of hydrogen-bond donors (Lipinski definition) is 1. The zero-order valence-electron chi connectivity index (χ0n) is 12.5. The van der Waals surface area contributed by atoms with Gasteiger partial charge in [-0.3, -0.25) is 0 Å². The number of unbranched alkanes of at least 4 members (excludes halogenated alkanes) is 1. The Balaban J connectivity index is 2.65. The quantitative estimate of drug-likeness (QED) is 0.577. The molecule has 1 saturated carbocycles. The van der Waals surface area contributed by atoms with Gasteiger partial charge in [0, 0.05) is 19.6 Å². The molecule has 0 radical (unpaired) electrons. The van der Waals surface area contributed by atoms with Crippen molar-refractivity contribution < 1.29 is 4.74 Å². The molecule has 0 bridgehead atoms. The maximum absolute atomic E-state index is 5.94. The van der Waals surface area contributed by atoms with Gasteiger partial charge in [0.25, 0.3) is 0 Å². The third-order valence-corrected chi connectivity index (χ3v) is 4.65. The molecule has 2 heteroatoms. The molecule has 1 atom stereocenters. The van der Waals surface area contributed by atoms with Gasteiger partial charge in [-0.2, -0.15) is 0 Å². The van der Waals surface area contributed by atoms with Crippen LogP contribution in [-0.4, -0.2) is 25.8 Å². The SMILES string of the molecule is C#CCCCC(NC)C1(OC)CCC(C)(C)CC1. The largest absolute Gasteiger partial charge is 0.377 e. The molecule has 1 rings (SSSR count). The summed E-state index contributed by atoms with van der Waals surface area (Å²) >= 11 is 0. The maximum Gasteiger partial charge on any atom is 0.0831 e. The average Bonchev–Trinajstić information content (AvgIpc) is 2.36. The van der Waals surface area contributed by atoms with E-state index in [4.69, 9.17) is 11.2 Å². The van der Waals surface area contributed by atoms with Gasteiger partial charge in [-0.15, -0.1) is 12.3 Å². The molecule has 0 saturated heterocycles. The van der Waals surface area contributed by atoms with E-state index in [9.17, 15) is 0 Å². The van der Waals surface area contributed by atoms with Crippen molar-refractivity contribution in [3.8, 4) is 12.3 Å². The molecule has 0 amide bonds. The molecule has 0 aliphatic heterocycles. The number of methoxy groups -OCH3 is 1. The summed E-state index contributed by atoms with van der Waals surface area (Å²) < 4.78 is 5.94. The zero-order valence-corrected chi connectivity index (χ0v) is 12.5. The van der Waals surface area contributed by atoms with Gasteiger partial charge in [0.1, 0.15) is 0 Å². The molecule has 1 fully saturated rings. The second-order valence-corrected chi connectivity index (χ2v) is 6.37. The first-order valence-electron chi connectivity index (χ1n) is 7.15. The van der Waals surface area contributed by atoms with Gasteiger partial charge in [0.05, 0.1) is 5.60 Å². The minimum Gasteiger partial charge on any atom is -0.377 e. The van der Waals surface area contributed by atoms with E-state index < -0.39 is 0 Å². The summed E-state index contributed by atoms with van der Waals surface area (Å²) in [6.45, 7) is 4.72. The van der Waals surface area contributed by atoms with Crippen LogP contribution in [0.5, 0.6) is 0 Å². The molecule has 0 aromatic rings. The highest BCUT2D eigenvalue weighted by molar-refractivity contribution is 4.98. The maximum atomic E-state index is 5.94. The van der Waals surface area contributed by atoms with Crippen LogP contribution in [0.2, 0.25) is 0 Å². The molecule has 0 aromatic heterocycles. The summed E-state index contributed by atoms with van der Waals surface area (Å²) in [6, 6.07) is 0.423. The summed E-state index contributed by atoms with van der Waals surface area (Å²) in [5.74, 6) is 2.73. The molecule has 1 N–H and O–H groups in total. The molecule has 1 aliphatic rings. The first-order chi connectivity index (χ1) is 8.49. The zero-order chi connectivity index (χ0) is 13.6. The van der Waals surface area contributed by atoms with E-state index in [2.05, 4.69) is 25.1 Å². The van der Waals surface area contributed by atoms with Gasteiger partial charge in [0.15, 0.2) is 0 Å². The predicted molar refractivity (Wildman–Crippen MR) is 77.5 cm³/mol. The summed E-state index contributed by atoms with van der Waals surface area (Å²) in [5, 5.41) is 3.46. The van der Waals surface area contributed by atoms with Gasteiger partial charge >= 0.3 is 0 Å². The van der Waals surface area contributed by atoms with Crippen molar-refractivity contribution in [3.05, 3.63) is 0 Å². The van der Waals surface area contributed by atoms with Crippen LogP contribution in [-0.2, 0) is 4.74 Å². The van der Waals surface area contributed by atoms with Crippen LogP contribution in [0.3, 0.4) is 0 Å². The monoisotopic (exact) mass is 251 g/mol. The van der Waals surface area contributed by atoms with Crippen LogP contribution >= 0.6 is 0 Å². The molecule has 0 spiro atoms. The minimum atomic E-state index is 0.0128. The third kappa shape index (κ3) is 3.73. The highest BCUT2D eigenvalue weighted by atomic mass is 16.5. The van der Waals surface area contributed by atoms with Crippen LogP contribution in [0.15, 0.2) is 0 Å². The average molecular weight is 251 g/mol. The van der Waals surface area contributed by atoms with E-state index in [0.717, 1.165) is 32.1 Å². The van der Waals surface area contributed by atoms with E-state index in [1.165, 1.54) is 12.8 Å². The molecule has 1 unspecified atom stereocenters. The molecular weight excluding hydrogens is 222 g/mol. The van der Waals surface area contributed by atoms with Crippen molar-refractivity contribution in [2.45, 2.75) is 70.4 Å². The Hall–Kier alpha value is -0.520. The van der Waals surface area contributed by atoms with Gasteiger partial charge < -0.3 is 10.1 Å². The third-order valence-electron chi connectivity index (χ3n) is 4.65. The fourth-order valence-corrected chi connectivity index (χ4v) is 3.12. The van der Waals surface area contributed by atoms with Crippen molar-refractivity contribution in [1.82, 2.24) is 5.32 Å². The topological polar surface area (TPSA) is 21.3 Å². The number of likely N-dealkylation sites (N-methyl/N-ethyl adjacent to an activating group) is 1. The van der Waals surface area contributed by atoms with E-state index in [1.54, 1.807) is 0 Å². The molecule has 0 aromatic carbocycles. The lowest BCUT2D eigenvalue weighted by atomic mass is 9.68. The van der Waals surface area contributed by atoms with Crippen LogP contribution in [0, 0.1) is 17.8 Å². The normalized spacial score (nSPS) is 23.3. The van der Waals surface area contributed by atoms with Crippen LogP contribution in [0.25, 0.3) is 0 Å². The van der Waals surface area contributed by atoms with Crippen molar-refractivity contribution >= 4 is 0 Å². The van der Waals surface area contributed by atoms with Crippen molar-refractivity contribution in [2.24, 2.45) is 5.41 Å². The second kappa shape index (κ2) is 6.59. The number of nitrogens with one attached hydrogen (secondary N) is 1. The van der Waals surface area contributed by atoms with E-state index in [0.29, 0.717) is 11.5 Å². The molecular formula is C16H29NO. The van der Waals surface area contributed by atoms with Crippen LogP contribution < -0.4 is 5.32 Å². The second-order valence-electron chi connectivity index (χ2n) is 6.37. The van der Waals surface area contributed by atoms with E-state index in [1.807, 2.05) is 14.2 Å². The minimum absolute atomic E-state index is 0.0128. The number of rotatable bonds is 6. The first-order valence-corrected chi connectivity index (χ1v) is 7.15. The number of hydrogen-bond acceptors (Lipinski definition) is 2. The van der Waals surface area contributed by atoms with Crippen LogP contribution in [0.1, 0.15) is 58.8 Å². The summed E-state index contributed by atoms with van der Waals surface area (Å²) in [5.41, 5.74) is 0.484. The lowest BCUT2D eigenvalue weighted by Crippen LogP contribution is -2.53. The fourth-order valence-electron chi connectivity index (χ4n) is 3.12. The Morgan fingerprint density at radius 1 is 1.28 bits per heavy atom. The Bertz CT molecular complexity index is 280. The smallest absolute Gasteiger partial charge is 0.0831 e. The summed E-state index contributed by atoms with van der Waals surface area (Å²) in [7, 11) is 3.91. The fraction of sp³-hybridized carbons (Fsp3) is 0.875. The van der Waals surface area contributed by atoms with Gasteiger partial charge in [-0.05, 0) is 51.0 Å². The van der Waals surface area contributed by atoms with E-state index >= 15 is 0 Å². The van der Waals surface area contributed by atoms with Gasteiger partial charge in [0.2, 0.25) is 0 Å². The van der Waals surface area contributed by atoms with Crippen molar-refractivity contribution in [1.29, 1.82) is 0 Å². The predicted octanol–water partition coefficient (Wildman–Crippen LogP) is 3.36. The van der Waals surface area contributed by atoms with E-state index in [-0.39, 0.29) is 5.60 Å². The molecule has 2 nitrogen and oxygen atoms in total. The lowest BCUT2D eigenvalue weighted by Gasteiger charge is -2.47. The Morgan fingerprint density at radius 3 is 2.33 bits per heavy atom. The highest BCUT2D eigenvalue weighted by Crippen LogP contribution is 2.44. The summed E-state index contributed by atoms with van der Waals surface area (Å²) in [4.78, 5) is 0. The van der Waals surface area contributed by atoms with Crippen LogP contribution in [0.4, 0.5) is 0 Å². The van der Waals surface area contributed by atoms with Gasteiger partial charge in [-0.25, -0.2) is 0 Å². The standard InChI is InChI=1S/C16H29NO/c1-6-7-8-9-14(17-4)16(18-5)12-10-15(2,3)11-13-16/h1,14,17H,7-13H2,2-5H3. The Kier molecular flexibility index (Phi) is 5.69. The number of terminal acetylenes is 1. The Morgan fingerprint density at radius 2 is 1.89 bits per heavy atom. The molecule has 0 heterocycles. The number of ether oxygens (including phenoxy) is 1. The molecule has 104 valence electrons. The summed E-state index contributed by atoms with van der Waals surface area (Å²) in [6.07, 6.45) is 13.2. The van der Waals surface area contributed by atoms with Crippen molar-refractivity contribution in [2.75, 3.05) is 14.2 Å². The molecule has 1 aliphatic carbocycles. The molecule has 18 heavy (non-hydrogen) atoms. The highest BCUT2D eigenvalue weighted by Gasteiger charge is 2.43. The lowest BCUT2D eigenvalue weighted by molar-refractivity contribution is -0.0867. The first kappa shape index (κ1) is 15.5. The Labute approximate surface area is 113 Å². The van der Waals surface area contributed by atoms with Crippen molar-refractivity contribution in [3.63, 3.8) is 0 Å². The van der Waals surface area contributed by atoms with Gasteiger partial charge in [-0.1, -0.05) is 13.8 Å².